The van der Waals surface area contributed by atoms with Gasteiger partial charge in [-0.3, -0.25) is 4.79 Å². The second-order valence-corrected chi connectivity index (χ2v) is 6.06. The summed E-state index contributed by atoms with van der Waals surface area (Å²) in [5, 5.41) is 2.90. The zero-order valence-electron chi connectivity index (χ0n) is 13.4. The molecule has 0 heterocycles. The van der Waals surface area contributed by atoms with Crippen LogP contribution in [0.2, 0.25) is 0 Å². The Labute approximate surface area is 131 Å². The molecule has 0 radical (unpaired) electrons. The minimum atomic E-state index is 0.186. The van der Waals surface area contributed by atoms with Crippen molar-refractivity contribution >= 4 is 17.5 Å². The zero-order valence-corrected chi connectivity index (χ0v) is 14.1. The van der Waals surface area contributed by atoms with E-state index in [0.717, 1.165) is 19.4 Å². The number of amides is 1. The number of halogens is 1. The lowest BCUT2D eigenvalue weighted by molar-refractivity contribution is -0.121. The Balaban J connectivity index is 3.07. The molecule has 0 fully saturated rings. The molecule has 1 N–H and O–H groups in total. The van der Waals surface area contributed by atoms with Crippen molar-refractivity contribution in [1.82, 2.24) is 5.32 Å². The molecule has 3 heteroatoms. The van der Waals surface area contributed by atoms with Crippen LogP contribution >= 0.6 is 11.6 Å². The van der Waals surface area contributed by atoms with Crippen molar-refractivity contribution in [2.45, 2.75) is 90.4 Å². The lowest BCUT2D eigenvalue weighted by atomic mass is 10.1. The van der Waals surface area contributed by atoms with E-state index >= 15 is 0 Å². The van der Waals surface area contributed by atoms with Crippen LogP contribution in [-0.2, 0) is 4.79 Å². The van der Waals surface area contributed by atoms with Crippen molar-refractivity contribution in [3.63, 3.8) is 0 Å². The first-order valence-corrected chi connectivity index (χ1v) is 9.17. The van der Waals surface area contributed by atoms with E-state index in [9.17, 15) is 4.79 Å². The molecule has 0 aliphatic rings. The van der Waals surface area contributed by atoms with Crippen LogP contribution < -0.4 is 5.32 Å². The van der Waals surface area contributed by atoms with Crippen LogP contribution in [0.3, 0.4) is 0 Å². The van der Waals surface area contributed by atoms with E-state index < -0.39 is 0 Å². The first-order chi connectivity index (χ1) is 9.81. The smallest absolute Gasteiger partial charge is 0.219 e. The van der Waals surface area contributed by atoms with Gasteiger partial charge in [0.25, 0.3) is 0 Å². The van der Waals surface area contributed by atoms with Crippen LogP contribution in [0.5, 0.6) is 0 Å². The van der Waals surface area contributed by atoms with Gasteiger partial charge in [0.05, 0.1) is 0 Å². The maximum atomic E-state index is 11.4. The third-order valence-electron chi connectivity index (χ3n) is 3.64. The number of rotatable bonds is 15. The highest BCUT2D eigenvalue weighted by Gasteiger charge is 2.00. The molecule has 0 rings (SSSR count). The Bertz CT molecular complexity index is 209. The second-order valence-electron chi connectivity index (χ2n) is 5.68. The number of alkyl halides is 1. The molecule has 0 spiro atoms. The lowest BCUT2D eigenvalue weighted by Crippen LogP contribution is -2.24. The van der Waals surface area contributed by atoms with Gasteiger partial charge < -0.3 is 5.32 Å². The van der Waals surface area contributed by atoms with Gasteiger partial charge in [0.1, 0.15) is 0 Å². The predicted octanol–water partition coefficient (Wildman–Crippen LogP) is 5.43. The average molecular weight is 304 g/mol. The van der Waals surface area contributed by atoms with Gasteiger partial charge in [0.2, 0.25) is 5.91 Å². The van der Waals surface area contributed by atoms with Gasteiger partial charge in [-0.2, -0.15) is 0 Å². The Morgan fingerprint density at radius 1 is 0.800 bits per heavy atom. The molecule has 0 bridgehead atoms. The number of carbonyl (C=O) groups excluding carboxylic acids is 1. The van der Waals surface area contributed by atoms with Gasteiger partial charge in [-0.1, -0.05) is 71.1 Å². The monoisotopic (exact) mass is 303 g/mol. The molecule has 120 valence electrons. The fraction of sp³-hybridized carbons (Fsp3) is 0.941. The summed E-state index contributed by atoms with van der Waals surface area (Å²) in [7, 11) is 0. The van der Waals surface area contributed by atoms with E-state index in [1.807, 2.05) is 0 Å². The molecular weight excluding hydrogens is 270 g/mol. The fourth-order valence-electron chi connectivity index (χ4n) is 2.33. The van der Waals surface area contributed by atoms with Gasteiger partial charge in [0, 0.05) is 18.8 Å². The molecule has 0 aliphatic heterocycles. The highest BCUT2D eigenvalue weighted by molar-refractivity contribution is 6.17. The number of unbranched alkanes of at least 4 members (excludes halogenated alkanes) is 10. The molecule has 0 aromatic heterocycles. The van der Waals surface area contributed by atoms with Gasteiger partial charge in [-0.15, -0.1) is 11.6 Å². The van der Waals surface area contributed by atoms with Gasteiger partial charge in [0.15, 0.2) is 0 Å². The minimum absolute atomic E-state index is 0.186. The van der Waals surface area contributed by atoms with E-state index in [-0.39, 0.29) is 5.91 Å². The maximum Gasteiger partial charge on any atom is 0.219 e. The second kappa shape index (κ2) is 16.8. The molecule has 0 atom stereocenters. The van der Waals surface area contributed by atoms with Crippen LogP contribution in [0.15, 0.2) is 0 Å². The van der Waals surface area contributed by atoms with E-state index in [2.05, 4.69) is 12.2 Å². The van der Waals surface area contributed by atoms with E-state index in [1.54, 1.807) is 0 Å². The molecule has 0 saturated carbocycles. The molecule has 0 aromatic carbocycles. The van der Waals surface area contributed by atoms with E-state index in [0.29, 0.717) is 12.3 Å². The molecule has 0 unspecified atom stereocenters. The molecule has 1 amide bonds. The molecule has 0 aromatic rings. The van der Waals surface area contributed by atoms with Crippen LogP contribution in [0.1, 0.15) is 90.4 Å². The standard InChI is InChI=1S/C17H34ClNO/c1-2-3-4-5-6-7-8-9-10-11-12-14-17(20)19-16-13-15-18/h2-16H2,1H3,(H,19,20). The summed E-state index contributed by atoms with van der Waals surface area (Å²) in [5.74, 6) is 0.810. The van der Waals surface area contributed by atoms with Gasteiger partial charge in [-0.25, -0.2) is 0 Å². The average Bonchev–Trinajstić information content (AvgIpc) is 2.45. The summed E-state index contributed by atoms with van der Waals surface area (Å²) < 4.78 is 0. The van der Waals surface area contributed by atoms with Crippen molar-refractivity contribution in [1.29, 1.82) is 0 Å². The summed E-state index contributed by atoms with van der Waals surface area (Å²) in [4.78, 5) is 11.4. The summed E-state index contributed by atoms with van der Waals surface area (Å²) in [6, 6.07) is 0. The highest BCUT2D eigenvalue weighted by atomic mass is 35.5. The predicted molar refractivity (Wildman–Crippen MR) is 89.4 cm³/mol. The van der Waals surface area contributed by atoms with Crippen molar-refractivity contribution in [2.75, 3.05) is 12.4 Å². The number of hydrogen-bond acceptors (Lipinski definition) is 1. The Kier molecular flexibility index (Phi) is 16.6. The van der Waals surface area contributed by atoms with Gasteiger partial charge >= 0.3 is 0 Å². The van der Waals surface area contributed by atoms with Crippen molar-refractivity contribution < 1.29 is 4.79 Å². The van der Waals surface area contributed by atoms with Crippen LogP contribution in [0, 0.1) is 0 Å². The zero-order chi connectivity index (χ0) is 14.9. The first-order valence-electron chi connectivity index (χ1n) is 8.64. The molecule has 20 heavy (non-hydrogen) atoms. The summed E-state index contributed by atoms with van der Waals surface area (Å²) in [6.07, 6.45) is 16.1. The quantitative estimate of drug-likeness (QED) is 0.317. The molecular formula is C17H34ClNO. The molecule has 0 aliphatic carbocycles. The number of carbonyl (C=O) groups is 1. The van der Waals surface area contributed by atoms with E-state index in [1.165, 1.54) is 64.2 Å². The number of hydrogen-bond donors (Lipinski definition) is 1. The summed E-state index contributed by atoms with van der Waals surface area (Å²) in [5.41, 5.74) is 0. The van der Waals surface area contributed by atoms with Crippen molar-refractivity contribution in [2.24, 2.45) is 0 Å². The Hall–Kier alpha value is -0.240. The normalized spacial score (nSPS) is 10.7. The molecule has 2 nitrogen and oxygen atoms in total. The van der Waals surface area contributed by atoms with Crippen LogP contribution in [0.4, 0.5) is 0 Å². The third-order valence-corrected chi connectivity index (χ3v) is 3.91. The lowest BCUT2D eigenvalue weighted by Gasteiger charge is -2.04. The topological polar surface area (TPSA) is 29.1 Å². The van der Waals surface area contributed by atoms with Crippen LogP contribution in [0.25, 0.3) is 0 Å². The highest BCUT2D eigenvalue weighted by Crippen LogP contribution is 2.11. The fourth-order valence-corrected chi connectivity index (χ4v) is 2.47. The summed E-state index contributed by atoms with van der Waals surface area (Å²) >= 11 is 5.56. The maximum absolute atomic E-state index is 11.4. The van der Waals surface area contributed by atoms with Crippen LogP contribution in [-0.4, -0.2) is 18.3 Å². The largest absolute Gasteiger partial charge is 0.356 e. The Morgan fingerprint density at radius 3 is 1.80 bits per heavy atom. The van der Waals surface area contributed by atoms with Crippen molar-refractivity contribution in [3.8, 4) is 0 Å². The first kappa shape index (κ1) is 19.8. The Morgan fingerprint density at radius 2 is 1.30 bits per heavy atom. The van der Waals surface area contributed by atoms with E-state index in [4.69, 9.17) is 11.6 Å². The third kappa shape index (κ3) is 15.8. The SMILES string of the molecule is CCCCCCCCCCCCCC(=O)NCCCCl. The van der Waals surface area contributed by atoms with Gasteiger partial charge in [-0.05, 0) is 12.8 Å². The number of nitrogens with one attached hydrogen (secondary N) is 1. The minimum Gasteiger partial charge on any atom is -0.356 e. The van der Waals surface area contributed by atoms with Crippen molar-refractivity contribution in [3.05, 3.63) is 0 Å². The molecule has 0 saturated heterocycles. The summed E-state index contributed by atoms with van der Waals surface area (Å²) in [6.45, 7) is 2.98.